The fraction of sp³-hybridized carbons (Fsp3) is 0.500. The molecule has 0 saturated carbocycles. The highest BCUT2D eigenvalue weighted by Gasteiger charge is 2.25. The van der Waals surface area contributed by atoms with Gasteiger partial charge in [0.15, 0.2) is 4.67 Å². The minimum absolute atomic E-state index is 0.418. The molecule has 1 aliphatic rings. The number of rotatable bonds is 5. The first kappa shape index (κ1) is 16.3. The van der Waals surface area contributed by atoms with Gasteiger partial charge in [0.2, 0.25) is 5.88 Å². The number of nitrogens with zero attached hydrogens (tertiary/aromatic N) is 4. The van der Waals surface area contributed by atoms with Crippen LogP contribution >= 0.6 is 15.9 Å². The molecule has 0 aliphatic carbocycles. The molecule has 2 aromatic rings. The minimum atomic E-state index is 0.418. The average molecular weight is 381 g/mol. The Morgan fingerprint density at radius 2 is 2.30 bits per heavy atom. The first-order valence-corrected chi connectivity index (χ1v) is 8.50. The summed E-state index contributed by atoms with van der Waals surface area (Å²) in [6, 6.07) is 6.26. The van der Waals surface area contributed by atoms with E-state index in [1.165, 1.54) is 6.42 Å². The number of hydrogen-bond acceptors (Lipinski definition) is 6. The maximum atomic E-state index is 5.62. The van der Waals surface area contributed by atoms with Crippen LogP contribution in [0.4, 0.5) is 5.82 Å². The van der Waals surface area contributed by atoms with Crippen molar-refractivity contribution in [2.75, 3.05) is 32.1 Å². The first-order chi connectivity index (χ1) is 11.2. The van der Waals surface area contributed by atoms with Gasteiger partial charge in [-0.1, -0.05) is 0 Å². The second-order valence-corrected chi connectivity index (χ2v) is 6.55. The number of furan rings is 1. The van der Waals surface area contributed by atoms with Gasteiger partial charge in [0.25, 0.3) is 0 Å². The van der Waals surface area contributed by atoms with Gasteiger partial charge >= 0.3 is 0 Å². The van der Waals surface area contributed by atoms with Crippen molar-refractivity contribution < 1.29 is 9.15 Å². The number of hydrogen-bond donors (Lipinski definition) is 0. The summed E-state index contributed by atoms with van der Waals surface area (Å²) in [5, 5.41) is 0. The molecule has 0 radical (unpaired) electrons. The summed E-state index contributed by atoms with van der Waals surface area (Å²) in [4.78, 5) is 13.1. The van der Waals surface area contributed by atoms with Crippen LogP contribution < -0.4 is 9.64 Å². The Labute approximate surface area is 144 Å². The Morgan fingerprint density at radius 1 is 1.43 bits per heavy atom. The molecule has 124 valence electrons. The van der Waals surface area contributed by atoms with E-state index in [0.717, 1.165) is 42.3 Å². The second kappa shape index (κ2) is 7.31. The number of halogens is 1. The van der Waals surface area contributed by atoms with Gasteiger partial charge in [-0.25, -0.2) is 9.97 Å². The van der Waals surface area contributed by atoms with E-state index in [9.17, 15) is 0 Å². The van der Waals surface area contributed by atoms with E-state index < -0.39 is 0 Å². The number of anilines is 1. The molecular formula is C16H21BrN4O2. The number of likely N-dealkylation sites (N-methyl/N-ethyl adjacent to an activating group) is 1. The summed E-state index contributed by atoms with van der Waals surface area (Å²) in [6.45, 7) is 2.92. The lowest BCUT2D eigenvalue weighted by Crippen LogP contribution is -2.46. The van der Waals surface area contributed by atoms with Crippen molar-refractivity contribution in [3.05, 3.63) is 35.0 Å². The molecule has 1 aliphatic heterocycles. The van der Waals surface area contributed by atoms with Crippen LogP contribution in [0.2, 0.25) is 0 Å². The molecule has 0 spiro atoms. The van der Waals surface area contributed by atoms with E-state index >= 15 is 0 Å². The van der Waals surface area contributed by atoms with E-state index in [1.807, 2.05) is 18.2 Å². The molecule has 0 aromatic carbocycles. The van der Waals surface area contributed by atoms with Gasteiger partial charge in [-0.05, 0) is 47.4 Å². The Morgan fingerprint density at radius 3 is 3.04 bits per heavy atom. The molecule has 7 heteroatoms. The molecule has 6 nitrogen and oxygen atoms in total. The maximum Gasteiger partial charge on any atom is 0.218 e. The Balaban J connectivity index is 1.65. The zero-order valence-electron chi connectivity index (χ0n) is 13.4. The fourth-order valence-electron chi connectivity index (χ4n) is 2.97. The Bertz CT molecular complexity index is 649. The number of piperidine rings is 1. The summed E-state index contributed by atoms with van der Waals surface area (Å²) in [7, 11) is 3.70. The molecule has 3 rings (SSSR count). The number of methoxy groups -OCH3 is 1. The average Bonchev–Trinajstić information content (AvgIpc) is 2.99. The normalized spacial score (nSPS) is 18.8. The van der Waals surface area contributed by atoms with Crippen molar-refractivity contribution >= 4 is 21.7 Å². The smallest absolute Gasteiger partial charge is 0.218 e. The summed E-state index contributed by atoms with van der Waals surface area (Å²) < 4.78 is 11.6. The molecule has 23 heavy (non-hydrogen) atoms. The Kier molecular flexibility index (Phi) is 5.17. The van der Waals surface area contributed by atoms with Crippen molar-refractivity contribution in [2.24, 2.45) is 0 Å². The predicted octanol–water partition coefficient (Wildman–Crippen LogP) is 2.94. The van der Waals surface area contributed by atoms with Crippen molar-refractivity contribution in [1.82, 2.24) is 14.9 Å². The van der Waals surface area contributed by atoms with E-state index in [1.54, 1.807) is 13.4 Å². The quantitative estimate of drug-likeness (QED) is 0.794. The summed E-state index contributed by atoms with van der Waals surface area (Å²) in [6.07, 6.45) is 3.87. The van der Waals surface area contributed by atoms with E-state index in [-0.39, 0.29) is 0 Å². The standard InChI is InChI=1S/C16H21BrN4O2/c1-20(15-8-16(22-2)19-11-18-15)12-4-3-7-21(9-12)10-13-5-6-14(17)23-13/h5-6,8,11-12H,3-4,7,9-10H2,1-2H3. The second-order valence-electron chi connectivity index (χ2n) is 5.77. The zero-order chi connectivity index (χ0) is 16.2. The van der Waals surface area contributed by atoms with Gasteiger partial charge in [-0.15, -0.1) is 0 Å². The largest absolute Gasteiger partial charge is 0.481 e. The topological polar surface area (TPSA) is 54.6 Å². The Hall–Kier alpha value is -1.60. The van der Waals surface area contributed by atoms with Crippen LogP contribution in [0.5, 0.6) is 5.88 Å². The highest BCUT2D eigenvalue weighted by molar-refractivity contribution is 9.10. The van der Waals surface area contributed by atoms with Gasteiger partial charge in [0.1, 0.15) is 17.9 Å². The number of aromatic nitrogens is 2. The van der Waals surface area contributed by atoms with Crippen molar-refractivity contribution in [2.45, 2.75) is 25.4 Å². The third-order valence-corrected chi connectivity index (χ3v) is 4.66. The molecular weight excluding hydrogens is 360 g/mol. The molecule has 0 amide bonds. The molecule has 3 heterocycles. The van der Waals surface area contributed by atoms with Crippen LogP contribution in [0.15, 0.2) is 33.6 Å². The van der Waals surface area contributed by atoms with Crippen LogP contribution in [0.3, 0.4) is 0 Å². The molecule has 0 bridgehead atoms. The van der Waals surface area contributed by atoms with Crippen molar-refractivity contribution in [1.29, 1.82) is 0 Å². The zero-order valence-corrected chi connectivity index (χ0v) is 15.0. The van der Waals surface area contributed by atoms with Crippen LogP contribution in [-0.4, -0.2) is 48.2 Å². The lowest BCUT2D eigenvalue weighted by Gasteiger charge is -2.37. The number of likely N-dealkylation sites (tertiary alicyclic amines) is 1. The minimum Gasteiger partial charge on any atom is -0.481 e. The van der Waals surface area contributed by atoms with Gasteiger partial charge in [0, 0.05) is 25.7 Å². The molecule has 0 N–H and O–H groups in total. The lowest BCUT2D eigenvalue weighted by molar-refractivity contribution is 0.184. The van der Waals surface area contributed by atoms with Gasteiger partial charge in [-0.3, -0.25) is 4.90 Å². The van der Waals surface area contributed by atoms with Crippen molar-refractivity contribution in [3.8, 4) is 5.88 Å². The lowest BCUT2D eigenvalue weighted by atomic mass is 10.0. The SMILES string of the molecule is COc1cc(N(C)C2CCCN(Cc3ccc(Br)o3)C2)ncn1. The number of ether oxygens (including phenoxy) is 1. The van der Waals surface area contributed by atoms with Gasteiger partial charge in [-0.2, -0.15) is 0 Å². The monoisotopic (exact) mass is 380 g/mol. The first-order valence-electron chi connectivity index (χ1n) is 7.71. The van der Waals surface area contributed by atoms with E-state index in [2.05, 4.69) is 42.7 Å². The molecule has 1 atom stereocenters. The summed E-state index contributed by atoms with van der Waals surface area (Å²) >= 11 is 3.36. The highest BCUT2D eigenvalue weighted by atomic mass is 79.9. The predicted molar refractivity (Wildman–Crippen MR) is 91.7 cm³/mol. The van der Waals surface area contributed by atoms with Crippen LogP contribution in [0, 0.1) is 0 Å². The third-order valence-electron chi connectivity index (χ3n) is 4.23. The third kappa shape index (κ3) is 4.03. The van der Waals surface area contributed by atoms with Crippen molar-refractivity contribution in [3.63, 3.8) is 0 Å². The van der Waals surface area contributed by atoms with Gasteiger partial charge in [0.05, 0.1) is 13.7 Å². The highest BCUT2D eigenvalue weighted by Crippen LogP contribution is 2.23. The van der Waals surface area contributed by atoms with Gasteiger partial charge < -0.3 is 14.1 Å². The van der Waals surface area contributed by atoms with Crippen LogP contribution in [-0.2, 0) is 6.54 Å². The molecule has 1 saturated heterocycles. The van der Waals surface area contributed by atoms with E-state index in [4.69, 9.17) is 9.15 Å². The van der Waals surface area contributed by atoms with Crippen LogP contribution in [0.1, 0.15) is 18.6 Å². The molecule has 1 fully saturated rings. The fourth-order valence-corrected chi connectivity index (χ4v) is 3.31. The summed E-state index contributed by atoms with van der Waals surface area (Å²) in [5.74, 6) is 2.48. The van der Waals surface area contributed by atoms with Crippen LogP contribution in [0.25, 0.3) is 0 Å². The maximum absolute atomic E-state index is 5.62. The molecule has 2 aromatic heterocycles. The molecule has 1 unspecified atom stereocenters. The van der Waals surface area contributed by atoms with E-state index in [0.29, 0.717) is 11.9 Å². The summed E-state index contributed by atoms with van der Waals surface area (Å²) in [5.41, 5.74) is 0.